The summed E-state index contributed by atoms with van der Waals surface area (Å²) in [7, 11) is 3.98. The van der Waals surface area contributed by atoms with Gasteiger partial charge in [-0.15, -0.1) is 0 Å². The van der Waals surface area contributed by atoms with E-state index in [1.165, 1.54) is 25.7 Å². The van der Waals surface area contributed by atoms with E-state index in [0.717, 1.165) is 16.9 Å². The minimum atomic E-state index is 0.459. The third-order valence-electron chi connectivity index (χ3n) is 4.27. The fourth-order valence-electron chi connectivity index (χ4n) is 3.10. The van der Waals surface area contributed by atoms with Gasteiger partial charge in [-0.3, -0.25) is 4.68 Å². The third-order valence-corrected chi connectivity index (χ3v) is 4.27. The molecule has 0 radical (unpaired) electrons. The molecule has 2 atom stereocenters. The maximum atomic E-state index is 4.47. The minimum absolute atomic E-state index is 0.459. The van der Waals surface area contributed by atoms with E-state index in [-0.39, 0.29) is 0 Å². The smallest absolute Gasteiger partial charge is 0.126 e. The molecule has 0 aromatic carbocycles. The van der Waals surface area contributed by atoms with E-state index in [9.17, 15) is 0 Å². The van der Waals surface area contributed by atoms with Crippen LogP contribution in [-0.2, 0) is 7.05 Å². The van der Waals surface area contributed by atoms with Gasteiger partial charge in [-0.2, -0.15) is 5.10 Å². The van der Waals surface area contributed by atoms with Crippen molar-refractivity contribution in [2.24, 2.45) is 7.05 Å². The van der Waals surface area contributed by atoms with Crippen LogP contribution in [0.5, 0.6) is 0 Å². The van der Waals surface area contributed by atoms with Crippen LogP contribution in [0.4, 0.5) is 5.82 Å². The number of likely N-dealkylation sites (N-methyl/N-ethyl adjacent to an activating group) is 1. The summed E-state index contributed by atoms with van der Waals surface area (Å²) in [5.41, 5.74) is 2.27. The molecule has 0 spiro atoms. The summed E-state index contributed by atoms with van der Waals surface area (Å²) in [4.78, 5) is 4.47. The molecule has 2 aromatic heterocycles. The Balaban J connectivity index is 1.76. The second kappa shape index (κ2) is 6.26. The van der Waals surface area contributed by atoms with Crippen LogP contribution in [0.3, 0.4) is 0 Å². The van der Waals surface area contributed by atoms with Crippen LogP contribution < -0.4 is 10.6 Å². The number of aryl methyl sites for hydroxylation is 1. The SMILES string of the molecule is CNC1CCCCC1Nc1cc(-c2cnn(C)c2)ccn1. The van der Waals surface area contributed by atoms with Crippen LogP contribution in [-0.4, -0.2) is 33.9 Å². The largest absolute Gasteiger partial charge is 0.366 e. The lowest BCUT2D eigenvalue weighted by Crippen LogP contribution is -2.44. The zero-order valence-electron chi connectivity index (χ0n) is 12.7. The van der Waals surface area contributed by atoms with Gasteiger partial charge in [0.05, 0.1) is 6.20 Å². The number of hydrogen-bond acceptors (Lipinski definition) is 4. The van der Waals surface area contributed by atoms with Crippen molar-refractivity contribution in [3.05, 3.63) is 30.7 Å². The number of anilines is 1. The van der Waals surface area contributed by atoms with Gasteiger partial charge in [-0.05, 0) is 37.6 Å². The normalized spacial score (nSPS) is 22.2. The van der Waals surface area contributed by atoms with Crippen LogP contribution in [0, 0.1) is 0 Å². The maximum Gasteiger partial charge on any atom is 0.126 e. The van der Waals surface area contributed by atoms with Crippen molar-refractivity contribution in [2.45, 2.75) is 37.8 Å². The third kappa shape index (κ3) is 3.24. The summed E-state index contributed by atoms with van der Waals surface area (Å²) in [6.45, 7) is 0. The molecule has 2 aromatic rings. The molecule has 3 rings (SSSR count). The molecular weight excluding hydrogens is 262 g/mol. The Labute approximate surface area is 125 Å². The molecule has 0 bridgehead atoms. The lowest BCUT2D eigenvalue weighted by molar-refractivity contribution is 0.361. The van der Waals surface area contributed by atoms with Gasteiger partial charge in [-0.1, -0.05) is 12.8 Å². The van der Waals surface area contributed by atoms with Gasteiger partial charge >= 0.3 is 0 Å². The molecule has 1 aliphatic rings. The Kier molecular flexibility index (Phi) is 4.20. The molecule has 5 heteroatoms. The van der Waals surface area contributed by atoms with Crippen molar-refractivity contribution in [2.75, 3.05) is 12.4 Å². The van der Waals surface area contributed by atoms with Gasteiger partial charge in [0.1, 0.15) is 5.82 Å². The molecule has 2 N–H and O–H groups in total. The average molecular weight is 285 g/mol. The van der Waals surface area contributed by atoms with Crippen molar-refractivity contribution >= 4 is 5.82 Å². The Morgan fingerprint density at radius 3 is 2.71 bits per heavy atom. The quantitative estimate of drug-likeness (QED) is 0.906. The lowest BCUT2D eigenvalue weighted by Gasteiger charge is -2.32. The number of nitrogens with one attached hydrogen (secondary N) is 2. The second-order valence-corrected chi connectivity index (χ2v) is 5.76. The van der Waals surface area contributed by atoms with Gasteiger partial charge in [0.2, 0.25) is 0 Å². The van der Waals surface area contributed by atoms with E-state index in [1.807, 2.05) is 43.4 Å². The van der Waals surface area contributed by atoms with Crippen molar-refractivity contribution in [1.82, 2.24) is 20.1 Å². The summed E-state index contributed by atoms with van der Waals surface area (Å²) in [6, 6.07) is 5.12. The average Bonchev–Trinajstić information content (AvgIpc) is 2.95. The zero-order chi connectivity index (χ0) is 14.7. The van der Waals surface area contributed by atoms with E-state index >= 15 is 0 Å². The van der Waals surface area contributed by atoms with Gasteiger partial charge in [0.15, 0.2) is 0 Å². The number of rotatable bonds is 4. The standard InChI is InChI=1S/C16H23N5/c1-17-14-5-3-4-6-15(14)20-16-9-12(7-8-18-16)13-10-19-21(2)11-13/h7-11,14-15,17H,3-6H2,1-2H3,(H,18,20). The van der Waals surface area contributed by atoms with Crippen molar-refractivity contribution in [1.29, 1.82) is 0 Å². The molecule has 1 fully saturated rings. The summed E-state index contributed by atoms with van der Waals surface area (Å²) in [5, 5.41) is 11.2. The fourth-order valence-corrected chi connectivity index (χ4v) is 3.10. The Morgan fingerprint density at radius 2 is 2.00 bits per heavy atom. The molecule has 21 heavy (non-hydrogen) atoms. The molecule has 5 nitrogen and oxygen atoms in total. The van der Waals surface area contributed by atoms with Crippen LogP contribution in [0.25, 0.3) is 11.1 Å². The Hall–Kier alpha value is -1.88. The van der Waals surface area contributed by atoms with Crippen molar-refractivity contribution < 1.29 is 0 Å². The summed E-state index contributed by atoms with van der Waals surface area (Å²) in [6.07, 6.45) is 10.8. The number of hydrogen-bond donors (Lipinski definition) is 2. The van der Waals surface area contributed by atoms with Crippen LogP contribution in [0.1, 0.15) is 25.7 Å². The van der Waals surface area contributed by atoms with Gasteiger partial charge < -0.3 is 10.6 Å². The van der Waals surface area contributed by atoms with E-state index < -0.39 is 0 Å². The molecule has 0 saturated heterocycles. The highest BCUT2D eigenvalue weighted by molar-refractivity contribution is 5.64. The highest BCUT2D eigenvalue weighted by Gasteiger charge is 2.23. The van der Waals surface area contributed by atoms with Crippen LogP contribution in [0.15, 0.2) is 30.7 Å². The molecule has 112 valence electrons. The van der Waals surface area contributed by atoms with Crippen LogP contribution >= 0.6 is 0 Å². The first-order valence-electron chi connectivity index (χ1n) is 7.65. The highest BCUT2D eigenvalue weighted by atomic mass is 15.2. The van der Waals surface area contributed by atoms with Gasteiger partial charge in [-0.25, -0.2) is 4.98 Å². The molecule has 2 heterocycles. The Morgan fingerprint density at radius 1 is 1.19 bits per heavy atom. The van der Waals surface area contributed by atoms with Crippen LogP contribution in [0.2, 0.25) is 0 Å². The first-order chi connectivity index (χ1) is 10.3. The predicted molar refractivity (Wildman–Crippen MR) is 85.2 cm³/mol. The van der Waals surface area contributed by atoms with Crippen molar-refractivity contribution in [3.63, 3.8) is 0 Å². The monoisotopic (exact) mass is 285 g/mol. The zero-order valence-corrected chi connectivity index (χ0v) is 12.7. The lowest BCUT2D eigenvalue weighted by atomic mass is 9.90. The molecule has 1 aliphatic carbocycles. The predicted octanol–water partition coefficient (Wildman–Crippen LogP) is 2.42. The molecule has 1 saturated carbocycles. The topological polar surface area (TPSA) is 54.8 Å². The summed E-state index contributed by atoms with van der Waals surface area (Å²) < 4.78 is 1.82. The Bertz CT molecular complexity index is 592. The number of pyridine rings is 1. The second-order valence-electron chi connectivity index (χ2n) is 5.76. The van der Waals surface area contributed by atoms with E-state index in [0.29, 0.717) is 12.1 Å². The van der Waals surface area contributed by atoms with Gasteiger partial charge in [0, 0.05) is 37.1 Å². The maximum absolute atomic E-state index is 4.47. The number of nitrogens with zero attached hydrogens (tertiary/aromatic N) is 3. The van der Waals surface area contributed by atoms with E-state index in [4.69, 9.17) is 0 Å². The molecule has 0 amide bonds. The molecule has 2 unspecified atom stereocenters. The van der Waals surface area contributed by atoms with Crippen molar-refractivity contribution in [3.8, 4) is 11.1 Å². The first kappa shape index (κ1) is 14.1. The minimum Gasteiger partial charge on any atom is -0.366 e. The highest BCUT2D eigenvalue weighted by Crippen LogP contribution is 2.24. The van der Waals surface area contributed by atoms with E-state index in [2.05, 4.69) is 26.8 Å². The fraction of sp³-hybridized carbons (Fsp3) is 0.500. The van der Waals surface area contributed by atoms with E-state index in [1.54, 1.807) is 0 Å². The van der Waals surface area contributed by atoms with Gasteiger partial charge in [0.25, 0.3) is 0 Å². The summed E-state index contributed by atoms with van der Waals surface area (Å²) in [5.74, 6) is 0.948. The molecular formula is C16H23N5. The number of aromatic nitrogens is 3. The first-order valence-corrected chi connectivity index (χ1v) is 7.65. The summed E-state index contributed by atoms with van der Waals surface area (Å²) >= 11 is 0. The molecule has 0 aliphatic heterocycles.